The molecule has 0 aliphatic carbocycles. The number of furan rings is 1. The van der Waals surface area contributed by atoms with Crippen molar-refractivity contribution >= 4 is 11.8 Å². The molecule has 6 nitrogen and oxygen atoms in total. The number of carbonyl (C=O) groups excluding carboxylic acids is 2. The molecule has 2 heterocycles. The fraction of sp³-hybridized carbons (Fsp3) is 0.250. The zero-order valence-electron chi connectivity index (χ0n) is 16.8. The Bertz CT molecular complexity index is 1030. The summed E-state index contributed by atoms with van der Waals surface area (Å²) in [6, 6.07) is 18.5. The molecular formula is C24H24N2O4. The van der Waals surface area contributed by atoms with Crippen LogP contribution in [0.15, 0.2) is 71.3 Å². The summed E-state index contributed by atoms with van der Waals surface area (Å²) >= 11 is 0. The number of benzene rings is 2. The third kappa shape index (κ3) is 4.28. The van der Waals surface area contributed by atoms with Gasteiger partial charge in [-0.3, -0.25) is 9.59 Å². The molecule has 1 aromatic heterocycles. The quantitative estimate of drug-likeness (QED) is 0.684. The molecule has 6 heteroatoms. The summed E-state index contributed by atoms with van der Waals surface area (Å²) in [4.78, 5) is 27.7. The van der Waals surface area contributed by atoms with Gasteiger partial charge in [0.15, 0.2) is 5.76 Å². The number of nitrogens with one attached hydrogen (secondary N) is 1. The van der Waals surface area contributed by atoms with Gasteiger partial charge in [0, 0.05) is 26.6 Å². The lowest BCUT2D eigenvalue weighted by atomic mass is 9.93. The van der Waals surface area contributed by atoms with Gasteiger partial charge in [-0.1, -0.05) is 48.5 Å². The third-order valence-electron chi connectivity index (χ3n) is 5.31. The van der Waals surface area contributed by atoms with Crippen molar-refractivity contribution in [2.24, 2.45) is 0 Å². The molecule has 0 fully saturated rings. The van der Waals surface area contributed by atoms with Gasteiger partial charge in [-0.2, -0.15) is 0 Å². The van der Waals surface area contributed by atoms with E-state index in [1.807, 2.05) is 48.5 Å². The summed E-state index contributed by atoms with van der Waals surface area (Å²) in [7, 11) is 1.65. The van der Waals surface area contributed by atoms with Gasteiger partial charge in [-0.05, 0) is 34.4 Å². The van der Waals surface area contributed by atoms with Crippen LogP contribution >= 0.6 is 0 Å². The Kier molecular flexibility index (Phi) is 5.95. The highest BCUT2D eigenvalue weighted by Crippen LogP contribution is 2.25. The monoisotopic (exact) mass is 404 g/mol. The third-order valence-corrected chi connectivity index (χ3v) is 5.31. The zero-order chi connectivity index (χ0) is 20.9. The molecule has 0 saturated heterocycles. The first-order chi connectivity index (χ1) is 14.7. The molecule has 154 valence electrons. The van der Waals surface area contributed by atoms with Crippen LogP contribution in [-0.2, 0) is 35.6 Å². The molecule has 1 atom stereocenters. The van der Waals surface area contributed by atoms with Gasteiger partial charge in [-0.25, -0.2) is 0 Å². The van der Waals surface area contributed by atoms with Crippen LogP contribution in [0.4, 0.5) is 0 Å². The lowest BCUT2D eigenvalue weighted by Gasteiger charge is -2.35. The van der Waals surface area contributed by atoms with Crippen LogP contribution in [0, 0.1) is 0 Å². The van der Waals surface area contributed by atoms with Gasteiger partial charge in [0.1, 0.15) is 6.04 Å². The molecule has 1 unspecified atom stereocenters. The number of nitrogens with zero attached hydrogens (tertiary/aromatic N) is 1. The summed E-state index contributed by atoms with van der Waals surface area (Å²) in [5.74, 6) is -0.224. The van der Waals surface area contributed by atoms with Crippen LogP contribution in [-0.4, -0.2) is 29.9 Å². The number of carbonyl (C=O) groups is 2. The fourth-order valence-electron chi connectivity index (χ4n) is 3.82. The number of fused-ring (bicyclic) bond motifs is 1. The van der Waals surface area contributed by atoms with E-state index in [0.717, 1.165) is 22.3 Å². The Morgan fingerprint density at radius 3 is 2.63 bits per heavy atom. The predicted molar refractivity (Wildman–Crippen MR) is 112 cm³/mol. The van der Waals surface area contributed by atoms with Crippen molar-refractivity contribution in [3.8, 4) is 0 Å². The van der Waals surface area contributed by atoms with E-state index in [-0.39, 0.29) is 17.6 Å². The van der Waals surface area contributed by atoms with Gasteiger partial charge in [0.05, 0.1) is 12.9 Å². The van der Waals surface area contributed by atoms with Crippen LogP contribution < -0.4 is 5.32 Å². The second-order valence-corrected chi connectivity index (χ2v) is 7.37. The van der Waals surface area contributed by atoms with Crippen molar-refractivity contribution in [2.75, 3.05) is 7.11 Å². The average Bonchev–Trinajstić information content (AvgIpc) is 3.31. The second-order valence-electron chi connectivity index (χ2n) is 7.37. The first-order valence-corrected chi connectivity index (χ1v) is 9.91. The average molecular weight is 404 g/mol. The number of ether oxygens (including phenoxy) is 1. The van der Waals surface area contributed by atoms with Gasteiger partial charge < -0.3 is 19.4 Å². The van der Waals surface area contributed by atoms with Gasteiger partial charge in [0.2, 0.25) is 5.91 Å². The van der Waals surface area contributed by atoms with Crippen molar-refractivity contribution in [1.82, 2.24) is 10.2 Å². The molecule has 1 aliphatic rings. The molecule has 3 aromatic rings. The molecule has 0 radical (unpaired) electrons. The molecule has 1 N–H and O–H groups in total. The zero-order valence-corrected chi connectivity index (χ0v) is 16.8. The minimum absolute atomic E-state index is 0.179. The van der Waals surface area contributed by atoms with Crippen LogP contribution in [0.1, 0.15) is 32.8 Å². The fourth-order valence-corrected chi connectivity index (χ4v) is 3.82. The Hall–Kier alpha value is -3.38. The van der Waals surface area contributed by atoms with E-state index in [4.69, 9.17) is 9.15 Å². The van der Waals surface area contributed by atoms with E-state index in [0.29, 0.717) is 26.1 Å². The number of rotatable bonds is 6. The lowest BCUT2D eigenvalue weighted by Crippen LogP contribution is -2.52. The topological polar surface area (TPSA) is 71.8 Å². The largest absolute Gasteiger partial charge is 0.459 e. The van der Waals surface area contributed by atoms with Crippen LogP contribution in [0.2, 0.25) is 0 Å². The van der Waals surface area contributed by atoms with E-state index < -0.39 is 6.04 Å². The minimum Gasteiger partial charge on any atom is -0.459 e. The highest BCUT2D eigenvalue weighted by molar-refractivity contribution is 5.96. The van der Waals surface area contributed by atoms with Gasteiger partial charge in [0.25, 0.3) is 5.91 Å². The molecule has 4 rings (SSSR count). The smallest absolute Gasteiger partial charge is 0.290 e. The maximum atomic E-state index is 13.1. The Morgan fingerprint density at radius 2 is 1.87 bits per heavy atom. The van der Waals surface area contributed by atoms with Crippen LogP contribution in [0.5, 0.6) is 0 Å². The van der Waals surface area contributed by atoms with Crippen molar-refractivity contribution in [3.05, 3.63) is 94.9 Å². The van der Waals surface area contributed by atoms with E-state index in [1.165, 1.54) is 6.26 Å². The molecule has 1 aliphatic heterocycles. The molecule has 2 aromatic carbocycles. The summed E-state index contributed by atoms with van der Waals surface area (Å²) in [6.07, 6.45) is 1.94. The van der Waals surface area contributed by atoms with Gasteiger partial charge in [-0.15, -0.1) is 0 Å². The molecule has 0 saturated carbocycles. The highest BCUT2D eigenvalue weighted by Gasteiger charge is 2.35. The standard InChI is InChI=1S/C24H24N2O4/c1-29-16-18-7-4-6-17(12-18)14-25-23(27)21-13-19-8-2-3-9-20(19)15-26(21)24(28)22-10-5-11-30-22/h2-12,21H,13-16H2,1H3,(H,25,27). The summed E-state index contributed by atoms with van der Waals surface area (Å²) in [6.45, 7) is 1.28. The van der Waals surface area contributed by atoms with Crippen molar-refractivity contribution < 1.29 is 18.7 Å². The van der Waals surface area contributed by atoms with Crippen molar-refractivity contribution in [1.29, 1.82) is 0 Å². The Balaban J connectivity index is 1.52. The van der Waals surface area contributed by atoms with Crippen LogP contribution in [0.3, 0.4) is 0 Å². The molecule has 30 heavy (non-hydrogen) atoms. The summed E-state index contributed by atoms with van der Waals surface area (Å²) < 4.78 is 10.5. The summed E-state index contributed by atoms with van der Waals surface area (Å²) in [5, 5.41) is 2.99. The summed E-state index contributed by atoms with van der Waals surface area (Å²) in [5.41, 5.74) is 4.17. The van der Waals surface area contributed by atoms with E-state index >= 15 is 0 Å². The van der Waals surface area contributed by atoms with Crippen molar-refractivity contribution in [3.63, 3.8) is 0 Å². The molecule has 0 bridgehead atoms. The highest BCUT2D eigenvalue weighted by atomic mass is 16.5. The Morgan fingerprint density at radius 1 is 1.07 bits per heavy atom. The molecule has 0 spiro atoms. The van der Waals surface area contributed by atoms with E-state index in [9.17, 15) is 9.59 Å². The normalized spacial score (nSPS) is 15.5. The second kappa shape index (κ2) is 8.97. The number of hydrogen-bond donors (Lipinski definition) is 1. The first kappa shape index (κ1) is 19.9. The SMILES string of the molecule is COCc1cccc(CNC(=O)C2Cc3ccccc3CN2C(=O)c2ccco2)c1. The number of amides is 2. The van der Waals surface area contributed by atoms with Crippen molar-refractivity contribution in [2.45, 2.75) is 32.2 Å². The predicted octanol–water partition coefficient (Wildman–Crippen LogP) is 3.31. The Labute approximate surface area is 175 Å². The van der Waals surface area contributed by atoms with E-state index in [2.05, 4.69) is 5.32 Å². The minimum atomic E-state index is -0.598. The maximum Gasteiger partial charge on any atom is 0.290 e. The molecular weight excluding hydrogens is 380 g/mol. The van der Waals surface area contributed by atoms with Crippen LogP contribution in [0.25, 0.3) is 0 Å². The lowest BCUT2D eigenvalue weighted by molar-refractivity contribution is -0.126. The maximum absolute atomic E-state index is 13.1. The molecule has 2 amide bonds. The first-order valence-electron chi connectivity index (χ1n) is 9.91. The van der Waals surface area contributed by atoms with E-state index in [1.54, 1.807) is 24.1 Å². The number of hydrogen-bond acceptors (Lipinski definition) is 4. The number of methoxy groups -OCH3 is 1. The van der Waals surface area contributed by atoms with Gasteiger partial charge >= 0.3 is 0 Å².